The molecule has 0 amide bonds. The number of nitrogens with one attached hydrogen (secondary N) is 1. The number of hydrogen-bond acceptors (Lipinski definition) is 3. The molecule has 1 aromatic heterocycles. The van der Waals surface area contributed by atoms with E-state index in [1.807, 2.05) is 20.0 Å². The van der Waals surface area contributed by atoms with Crippen molar-refractivity contribution in [3.8, 4) is 0 Å². The van der Waals surface area contributed by atoms with Crippen molar-refractivity contribution in [2.24, 2.45) is 11.7 Å². The van der Waals surface area contributed by atoms with E-state index < -0.39 is 0 Å². The Kier molecular flexibility index (Phi) is 2.81. The van der Waals surface area contributed by atoms with Gasteiger partial charge in [0, 0.05) is 19.8 Å². The predicted molar refractivity (Wildman–Crippen MR) is 66.0 cm³/mol. The molecule has 1 aromatic rings. The molecule has 3 N–H and O–H groups in total. The Morgan fingerprint density at radius 1 is 1.62 bits per heavy atom. The van der Waals surface area contributed by atoms with Crippen LogP contribution in [0.4, 0.5) is 5.82 Å². The van der Waals surface area contributed by atoms with Gasteiger partial charge in [-0.1, -0.05) is 0 Å². The summed E-state index contributed by atoms with van der Waals surface area (Å²) < 4.78 is 0. The zero-order valence-corrected chi connectivity index (χ0v) is 9.83. The number of pyridine rings is 1. The number of nitrogens with zero attached hydrogens (tertiary/aromatic N) is 2. The van der Waals surface area contributed by atoms with Crippen molar-refractivity contribution in [2.75, 3.05) is 18.5 Å². The molecular weight excluding hydrogens is 200 g/mol. The molecule has 0 spiro atoms. The second-order valence-electron chi connectivity index (χ2n) is 4.56. The molecule has 4 heteroatoms. The molecule has 0 atom stereocenters. The van der Waals surface area contributed by atoms with Crippen molar-refractivity contribution < 1.29 is 0 Å². The number of nitrogens with two attached hydrogens (primary N) is 1. The minimum Gasteiger partial charge on any atom is -0.384 e. The Labute approximate surface area is 96.0 Å². The summed E-state index contributed by atoms with van der Waals surface area (Å²) in [5.74, 6) is 1.73. The highest BCUT2D eigenvalue weighted by Crippen LogP contribution is 2.31. The van der Waals surface area contributed by atoms with Crippen molar-refractivity contribution in [2.45, 2.75) is 19.8 Å². The van der Waals surface area contributed by atoms with Crippen LogP contribution in [0.15, 0.2) is 12.3 Å². The minimum absolute atomic E-state index is 0.100. The van der Waals surface area contributed by atoms with E-state index in [9.17, 15) is 0 Å². The quantitative estimate of drug-likeness (QED) is 0.595. The summed E-state index contributed by atoms with van der Waals surface area (Å²) in [7, 11) is 2.02. The lowest BCUT2D eigenvalue weighted by Gasteiger charge is -2.21. The van der Waals surface area contributed by atoms with Gasteiger partial charge >= 0.3 is 0 Å². The second kappa shape index (κ2) is 4.12. The highest BCUT2D eigenvalue weighted by atomic mass is 15.2. The van der Waals surface area contributed by atoms with Crippen molar-refractivity contribution in [3.63, 3.8) is 0 Å². The van der Waals surface area contributed by atoms with Gasteiger partial charge in [0.1, 0.15) is 11.7 Å². The number of nitrogen functional groups attached to an aromatic ring is 1. The summed E-state index contributed by atoms with van der Waals surface area (Å²) in [5, 5.41) is 7.62. The third-order valence-electron chi connectivity index (χ3n) is 3.00. The van der Waals surface area contributed by atoms with Gasteiger partial charge in [-0.2, -0.15) is 0 Å². The summed E-state index contributed by atoms with van der Waals surface area (Å²) in [6.07, 6.45) is 4.40. The summed E-state index contributed by atoms with van der Waals surface area (Å²) in [6.45, 7) is 2.98. The first-order valence-electron chi connectivity index (χ1n) is 5.60. The molecule has 1 fully saturated rings. The van der Waals surface area contributed by atoms with Crippen LogP contribution >= 0.6 is 0 Å². The van der Waals surface area contributed by atoms with E-state index in [-0.39, 0.29) is 5.84 Å². The van der Waals surface area contributed by atoms with Gasteiger partial charge in [-0.05, 0) is 37.3 Å². The summed E-state index contributed by atoms with van der Waals surface area (Å²) in [6, 6.07) is 1.89. The van der Waals surface area contributed by atoms with E-state index in [2.05, 4.69) is 9.88 Å². The van der Waals surface area contributed by atoms with Crippen LogP contribution in [0.3, 0.4) is 0 Å². The monoisotopic (exact) mass is 218 g/mol. The van der Waals surface area contributed by atoms with Gasteiger partial charge in [-0.15, -0.1) is 0 Å². The molecule has 1 aliphatic rings. The number of amidine groups is 1. The average Bonchev–Trinajstić information content (AvgIpc) is 3.00. The van der Waals surface area contributed by atoms with Crippen LogP contribution < -0.4 is 10.6 Å². The van der Waals surface area contributed by atoms with E-state index in [0.29, 0.717) is 0 Å². The van der Waals surface area contributed by atoms with Crippen LogP contribution in [-0.4, -0.2) is 24.4 Å². The number of aryl methyl sites for hydroxylation is 1. The maximum Gasteiger partial charge on any atom is 0.139 e. The molecule has 2 rings (SSSR count). The first kappa shape index (κ1) is 10.9. The fourth-order valence-corrected chi connectivity index (χ4v) is 1.94. The Bertz CT molecular complexity index is 409. The molecule has 0 radical (unpaired) electrons. The zero-order chi connectivity index (χ0) is 11.7. The van der Waals surface area contributed by atoms with Gasteiger partial charge in [-0.3, -0.25) is 5.41 Å². The van der Waals surface area contributed by atoms with Crippen molar-refractivity contribution in [1.29, 1.82) is 5.41 Å². The van der Waals surface area contributed by atoms with Crippen LogP contribution in [0.1, 0.15) is 24.0 Å². The maximum absolute atomic E-state index is 7.62. The van der Waals surface area contributed by atoms with Crippen molar-refractivity contribution in [1.82, 2.24) is 4.98 Å². The summed E-state index contributed by atoms with van der Waals surface area (Å²) in [4.78, 5) is 6.46. The van der Waals surface area contributed by atoms with E-state index in [4.69, 9.17) is 11.1 Å². The second-order valence-corrected chi connectivity index (χ2v) is 4.56. The number of anilines is 1. The van der Waals surface area contributed by atoms with Crippen LogP contribution in [-0.2, 0) is 0 Å². The number of hydrogen-bond donors (Lipinski definition) is 2. The third-order valence-corrected chi connectivity index (χ3v) is 3.00. The molecule has 16 heavy (non-hydrogen) atoms. The smallest absolute Gasteiger partial charge is 0.139 e. The molecule has 0 bridgehead atoms. The molecule has 0 aromatic carbocycles. The fraction of sp³-hybridized carbons (Fsp3) is 0.500. The Hall–Kier alpha value is -1.58. The topological polar surface area (TPSA) is 66.0 Å². The van der Waals surface area contributed by atoms with Crippen molar-refractivity contribution in [3.05, 3.63) is 23.4 Å². The lowest BCUT2D eigenvalue weighted by atomic mass is 10.1. The van der Waals surface area contributed by atoms with E-state index in [1.54, 1.807) is 6.20 Å². The van der Waals surface area contributed by atoms with Gasteiger partial charge in [0.25, 0.3) is 0 Å². The summed E-state index contributed by atoms with van der Waals surface area (Å²) in [5.41, 5.74) is 7.40. The molecule has 0 aliphatic heterocycles. The van der Waals surface area contributed by atoms with Gasteiger partial charge in [0.15, 0.2) is 0 Å². The molecule has 4 nitrogen and oxygen atoms in total. The van der Waals surface area contributed by atoms with Crippen molar-refractivity contribution >= 4 is 11.7 Å². The zero-order valence-electron chi connectivity index (χ0n) is 9.83. The molecular formula is C12H18N4. The van der Waals surface area contributed by atoms with E-state index in [0.717, 1.165) is 29.4 Å². The Morgan fingerprint density at radius 3 is 2.88 bits per heavy atom. The van der Waals surface area contributed by atoms with Crippen LogP contribution in [0.2, 0.25) is 0 Å². The largest absolute Gasteiger partial charge is 0.384 e. The molecule has 1 saturated carbocycles. The number of aromatic nitrogens is 1. The molecule has 1 heterocycles. The standard InChI is InChI=1S/C12H18N4/c1-8-5-6-15-12(10(8)11(13)14)16(2)7-9-3-4-9/h5-6,9H,3-4,7H2,1-2H3,(H3,13,14). The maximum atomic E-state index is 7.62. The minimum atomic E-state index is 0.100. The highest BCUT2D eigenvalue weighted by molar-refractivity contribution is 6.00. The van der Waals surface area contributed by atoms with Gasteiger partial charge < -0.3 is 10.6 Å². The average molecular weight is 218 g/mol. The fourth-order valence-electron chi connectivity index (χ4n) is 1.94. The molecule has 0 unspecified atom stereocenters. The Balaban J connectivity index is 2.30. The van der Waals surface area contributed by atoms with Gasteiger partial charge in [-0.25, -0.2) is 4.98 Å². The van der Waals surface area contributed by atoms with E-state index >= 15 is 0 Å². The lowest BCUT2D eigenvalue weighted by Crippen LogP contribution is -2.26. The van der Waals surface area contributed by atoms with Crippen LogP contribution in [0, 0.1) is 18.3 Å². The van der Waals surface area contributed by atoms with Crippen LogP contribution in [0.5, 0.6) is 0 Å². The molecule has 86 valence electrons. The normalized spacial score (nSPS) is 14.9. The molecule has 0 saturated heterocycles. The third kappa shape index (κ3) is 2.15. The summed E-state index contributed by atoms with van der Waals surface area (Å²) >= 11 is 0. The lowest BCUT2D eigenvalue weighted by molar-refractivity contribution is 0.776. The Morgan fingerprint density at radius 2 is 2.31 bits per heavy atom. The van der Waals surface area contributed by atoms with Gasteiger partial charge in [0.05, 0.1) is 5.56 Å². The SMILES string of the molecule is Cc1ccnc(N(C)CC2CC2)c1C(=N)N. The molecule has 1 aliphatic carbocycles. The van der Waals surface area contributed by atoms with Crippen LogP contribution in [0.25, 0.3) is 0 Å². The number of rotatable bonds is 4. The van der Waals surface area contributed by atoms with Gasteiger partial charge in [0.2, 0.25) is 0 Å². The first-order chi connectivity index (χ1) is 7.59. The predicted octanol–water partition coefficient (Wildman–Crippen LogP) is 1.52. The van der Waals surface area contributed by atoms with E-state index in [1.165, 1.54) is 12.8 Å². The first-order valence-corrected chi connectivity index (χ1v) is 5.60. The highest BCUT2D eigenvalue weighted by Gasteiger charge is 2.24.